The lowest BCUT2D eigenvalue weighted by Crippen LogP contribution is -2.99. The van der Waals surface area contributed by atoms with E-state index in [0.717, 1.165) is 40.2 Å². The third-order valence-electron chi connectivity index (χ3n) is 4.86. The molecule has 0 aliphatic carbocycles. The van der Waals surface area contributed by atoms with E-state index in [9.17, 15) is 0 Å². The Hall–Kier alpha value is -2.02. The van der Waals surface area contributed by atoms with Gasteiger partial charge in [0.15, 0.2) is 11.6 Å². The maximum absolute atomic E-state index is 6.03. The number of nitrogens with two attached hydrogens (primary N) is 1. The third kappa shape index (κ3) is 4.19. The second kappa shape index (κ2) is 8.15. The zero-order valence-corrected chi connectivity index (χ0v) is 18.2. The summed E-state index contributed by atoms with van der Waals surface area (Å²) in [7, 11) is 0. The first-order valence-corrected chi connectivity index (χ1v) is 10.5. The summed E-state index contributed by atoms with van der Waals surface area (Å²) in [5.41, 5.74) is 2.73. The van der Waals surface area contributed by atoms with E-state index in [1.54, 1.807) is 0 Å². The second-order valence-electron chi connectivity index (χ2n) is 7.37. The molecule has 0 bridgehead atoms. The molecule has 2 heterocycles. The van der Waals surface area contributed by atoms with E-state index in [4.69, 9.17) is 16.6 Å². The Labute approximate surface area is 178 Å². The molecule has 0 spiro atoms. The van der Waals surface area contributed by atoms with E-state index in [1.807, 2.05) is 48.5 Å². The largest absolute Gasteiger partial charge is 0.343 e. The van der Waals surface area contributed by atoms with Crippen LogP contribution in [0.1, 0.15) is 13.8 Å². The summed E-state index contributed by atoms with van der Waals surface area (Å²) in [6, 6.07) is 16.7. The van der Waals surface area contributed by atoms with Crippen LogP contribution in [0.25, 0.3) is 22.6 Å². The van der Waals surface area contributed by atoms with Crippen LogP contribution in [0.2, 0.25) is 5.02 Å². The fraction of sp³-hybridized carbons (Fsp3) is 0.286. The van der Waals surface area contributed by atoms with E-state index in [0.29, 0.717) is 22.9 Å². The Balaban J connectivity index is 1.81. The zero-order valence-electron chi connectivity index (χ0n) is 15.8. The molecule has 4 rings (SSSR count). The summed E-state index contributed by atoms with van der Waals surface area (Å²) in [5.74, 6) is 1.50. The molecule has 0 saturated carbocycles. The van der Waals surface area contributed by atoms with Gasteiger partial charge in [0.25, 0.3) is 0 Å². The number of hydrogen-bond donors (Lipinski definition) is 1. The molecule has 2 atom stereocenters. The van der Waals surface area contributed by atoms with E-state index in [1.165, 1.54) is 0 Å². The number of rotatable bonds is 3. The molecule has 3 aromatic rings. The van der Waals surface area contributed by atoms with E-state index in [2.05, 4.69) is 50.2 Å². The van der Waals surface area contributed by atoms with Crippen molar-refractivity contribution < 1.29 is 5.32 Å². The summed E-state index contributed by atoms with van der Waals surface area (Å²) in [4.78, 5) is 7.28. The molecular weight excluding hydrogens is 438 g/mol. The van der Waals surface area contributed by atoms with Crippen LogP contribution in [0.5, 0.6) is 0 Å². The topological polar surface area (TPSA) is 58.5 Å². The highest BCUT2D eigenvalue weighted by Crippen LogP contribution is 2.30. The molecular formula is C21H22BrClN5+. The van der Waals surface area contributed by atoms with Gasteiger partial charge in [0.05, 0.1) is 13.1 Å². The average molecular weight is 460 g/mol. The SMILES string of the molecule is C[C@H]1CN(c2nc(-c3ccc(Cl)cc3)nnc2-c2ccc(Br)cc2)C[C@H](C)[NH2+]1. The summed E-state index contributed by atoms with van der Waals surface area (Å²) in [6.45, 7) is 6.34. The van der Waals surface area contributed by atoms with Crippen LogP contribution in [0.3, 0.4) is 0 Å². The minimum absolute atomic E-state index is 0.496. The monoisotopic (exact) mass is 458 g/mol. The summed E-state index contributed by atoms with van der Waals surface area (Å²) in [5, 5.41) is 12.1. The van der Waals surface area contributed by atoms with Crippen molar-refractivity contribution in [1.82, 2.24) is 15.2 Å². The van der Waals surface area contributed by atoms with E-state index >= 15 is 0 Å². The molecule has 1 aliphatic rings. The predicted octanol–water partition coefficient (Wildman–Crippen LogP) is 3.78. The van der Waals surface area contributed by atoms with Crippen LogP contribution in [-0.2, 0) is 0 Å². The maximum atomic E-state index is 6.03. The third-order valence-corrected chi connectivity index (χ3v) is 5.64. The Morgan fingerprint density at radius 1 is 0.929 bits per heavy atom. The van der Waals surface area contributed by atoms with Gasteiger partial charge in [0, 0.05) is 20.6 Å². The lowest BCUT2D eigenvalue weighted by atomic mass is 10.1. The molecule has 0 amide bonds. The van der Waals surface area contributed by atoms with Crippen LogP contribution in [-0.4, -0.2) is 40.4 Å². The highest BCUT2D eigenvalue weighted by atomic mass is 79.9. The van der Waals surface area contributed by atoms with Gasteiger partial charge in [-0.15, -0.1) is 10.2 Å². The van der Waals surface area contributed by atoms with Crippen LogP contribution >= 0.6 is 27.5 Å². The molecule has 5 nitrogen and oxygen atoms in total. The first kappa shape index (κ1) is 19.3. The standard InChI is InChI=1S/C21H21BrClN5/c1-13-11-28(12-14(2)24-13)21-19(15-3-7-17(22)8-4-15)26-27-20(25-21)16-5-9-18(23)10-6-16/h3-10,13-14,24H,11-12H2,1-2H3/p+1/t13-,14-/m0/s1. The molecule has 2 N–H and O–H groups in total. The molecule has 28 heavy (non-hydrogen) atoms. The van der Waals surface area contributed by atoms with Crippen molar-refractivity contribution in [3.8, 4) is 22.6 Å². The minimum atomic E-state index is 0.496. The number of quaternary nitrogens is 1. The normalized spacial score (nSPS) is 19.6. The lowest BCUT2D eigenvalue weighted by molar-refractivity contribution is -0.716. The van der Waals surface area contributed by atoms with Gasteiger partial charge in [-0.1, -0.05) is 39.7 Å². The fourth-order valence-corrected chi connectivity index (χ4v) is 4.07. The predicted molar refractivity (Wildman–Crippen MR) is 116 cm³/mol. The van der Waals surface area contributed by atoms with Gasteiger partial charge < -0.3 is 10.2 Å². The number of hydrogen-bond acceptors (Lipinski definition) is 4. The van der Waals surface area contributed by atoms with Crippen molar-refractivity contribution in [2.45, 2.75) is 25.9 Å². The van der Waals surface area contributed by atoms with Crippen molar-refractivity contribution in [2.75, 3.05) is 18.0 Å². The molecule has 144 valence electrons. The van der Waals surface area contributed by atoms with Gasteiger partial charge in [0.1, 0.15) is 17.8 Å². The highest BCUT2D eigenvalue weighted by Gasteiger charge is 2.28. The van der Waals surface area contributed by atoms with Crippen molar-refractivity contribution in [1.29, 1.82) is 0 Å². The van der Waals surface area contributed by atoms with Crippen LogP contribution in [0.15, 0.2) is 53.0 Å². The molecule has 1 fully saturated rings. The van der Waals surface area contributed by atoms with Crippen LogP contribution in [0, 0.1) is 0 Å². The summed E-state index contributed by atoms with van der Waals surface area (Å²) < 4.78 is 1.03. The molecule has 1 aromatic heterocycles. The summed E-state index contributed by atoms with van der Waals surface area (Å²) in [6.07, 6.45) is 0. The number of aromatic nitrogens is 3. The van der Waals surface area contributed by atoms with Gasteiger partial charge in [0.2, 0.25) is 0 Å². The Morgan fingerprint density at radius 2 is 1.54 bits per heavy atom. The number of halogens is 2. The first-order chi connectivity index (χ1) is 13.5. The van der Waals surface area contributed by atoms with Crippen molar-refractivity contribution in [3.05, 3.63) is 58.0 Å². The van der Waals surface area contributed by atoms with Gasteiger partial charge in [-0.3, -0.25) is 0 Å². The smallest absolute Gasteiger partial charge is 0.183 e. The minimum Gasteiger partial charge on any atom is -0.343 e. The Bertz CT molecular complexity index is 952. The Kier molecular flexibility index (Phi) is 5.62. The van der Waals surface area contributed by atoms with Crippen LogP contribution < -0.4 is 10.2 Å². The second-order valence-corrected chi connectivity index (χ2v) is 8.73. The number of nitrogens with zero attached hydrogens (tertiary/aromatic N) is 4. The maximum Gasteiger partial charge on any atom is 0.183 e. The number of piperazine rings is 1. The molecule has 0 unspecified atom stereocenters. The Morgan fingerprint density at radius 3 is 2.18 bits per heavy atom. The van der Waals surface area contributed by atoms with Gasteiger partial charge >= 0.3 is 0 Å². The fourth-order valence-electron chi connectivity index (χ4n) is 3.68. The van der Waals surface area contributed by atoms with Gasteiger partial charge in [-0.05, 0) is 50.2 Å². The molecule has 1 saturated heterocycles. The molecule has 0 radical (unpaired) electrons. The average Bonchev–Trinajstić information content (AvgIpc) is 2.68. The number of anilines is 1. The highest BCUT2D eigenvalue weighted by molar-refractivity contribution is 9.10. The number of benzene rings is 2. The van der Waals surface area contributed by atoms with E-state index in [-0.39, 0.29) is 0 Å². The quantitative estimate of drug-likeness (QED) is 0.647. The van der Waals surface area contributed by atoms with Crippen molar-refractivity contribution in [2.24, 2.45) is 0 Å². The first-order valence-electron chi connectivity index (χ1n) is 9.36. The van der Waals surface area contributed by atoms with Gasteiger partial charge in [-0.2, -0.15) is 0 Å². The molecule has 1 aliphatic heterocycles. The van der Waals surface area contributed by atoms with Gasteiger partial charge in [-0.25, -0.2) is 4.98 Å². The molecule has 2 aromatic carbocycles. The van der Waals surface area contributed by atoms with Crippen molar-refractivity contribution >= 4 is 33.3 Å². The van der Waals surface area contributed by atoms with Crippen molar-refractivity contribution in [3.63, 3.8) is 0 Å². The van der Waals surface area contributed by atoms with Crippen LogP contribution in [0.4, 0.5) is 5.82 Å². The lowest BCUT2D eigenvalue weighted by Gasteiger charge is -2.34. The zero-order chi connectivity index (χ0) is 19.7. The molecule has 7 heteroatoms. The summed E-state index contributed by atoms with van der Waals surface area (Å²) >= 11 is 9.53. The van der Waals surface area contributed by atoms with E-state index < -0.39 is 0 Å².